The van der Waals surface area contributed by atoms with Gasteiger partial charge in [0, 0.05) is 10.9 Å². The normalized spacial score (nSPS) is 10.7. The van der Waals surface area contributed by atoms with E-state index in [-0.39, 0.29) is 5.56 Å². The first kappa shape index (κ1) is 17.5. The fourth-order valence-corrected chi connectivity index (χ4v) is 3.86. The molecule has 0 spiro atoms. The molecule has 0 atom stereocenters. The first-order valence-corrected chi connectivity index (χ1v) is 9.31. The van der Waals surface area contributed by atoms with Crippen molar-refractivity contribution in [2.24, 2.45) is 0 Å². The van der Waals surface area contributed by atoms with Gasteiger partial charge in [-0.3, -0.25) is 0 Å². The van der Waals surface area contributed by atoms with Crippen LogP contribution in [0.5, 0.6) is 5.75 Å². The molecular weight excluding hydrogens is 451 g/mol. The lowest BCUT2D eigenvalue weighted by Crippen LogP contribution is -2.02. The second-order valence-corrected chi connectivity index (χ2v) is 6.58. The van der Waals surface area contributed by atoms with Crippen LogP contribution in [0.1, 0.15) is 10.4 Å². The molecule has 0 aliphatic heterocycles. The molecule has 0 saturated carbocycles. The molecule has 0 saturated heterocycles. The van der Waals surface area contributed by atoms with Crippen molar-refractivity contribution in [3.63, 3.8) is 0 Å². The summed E-state index contributed by atoms with van der Waals surface area (Å²) in [4.78, 5) is 12.1. The van der Waals surface area contributed by atoms with E-state index in [4.69, 9.17) is 3.07 Å². The molecule has 4 heteroatoms. The Kier molecular flexibility index (Phi) is 4.81. The molecule has 0 aliphatic carbocycles. The van der Waals surface area contributed by atoms with E-state index in [1.807, 2.05) is 84.9 Å². The number of halogens is 1. The Labute approximate surface area is 170 Å². The first-order chi connectivity index (χ1) is 13.2. The largest absolute Gasteiger partial charge is 0.478 e. The molecule has 3 nitrogen and oxygen atoms in total. The quantitative estimate of drug-likeness (QED) is 0.345. The lowest BCUT2D eigenvalue weighted by atomic mass is 9.91. The molecule has 132 valence electrons. The van der Waals surface area contributed by atoms with Gasteiger partial charge in [-0.05, 0) is 28.1 Å². The number of carboxylic acid groups (broad SMARTS) is 1. The molecule has 4 aromatic rings. The van der Waals surface area contributed by atoms with Crippen molar-refractivity contribution in [3.05, 3.63) is 90.5 Å². The van der Waals surface area contributed by atoms with Gasteiger partial charge >= 0.3 is 5.97 Å². The minimum atomic E-state index is -1.00. The van der Waals surface area contributed by atoms with Crippen molar-refractivity contribution >= 4 is 39.7 Å². The smallest absolute Gasteiger partial charge is 0.340 e. The molecule has 27 heavy (non-hydrogen) atoms. The Balaban J connectivity index is 2.14. The SMILES string of the molecule is O=C(O)c1c(OI)c(-c2ccccc2)cc2c(-c3ccccc3)cccc12. The van der Waals surface area contributed by atoms with E-state index >= 15 is 0 Å². The summed E-state index contributed by atoms with van der Waals surface area (Å²) < 4.78 is 5.54. The van der Waals surface area contributed by atoms with Gasteiger partial charge in [0.05, 0.1) is 0 Å². The molecule has 0 aliphatic rings. The number of benzene rings is 4. The highest BCUT2D eigenvalue weighted by molar-refractivity contribution is 14.1. The summed E-state index contributed by atoms with van der Waals surface area (Å²) in [6, 6.07) is 27.4. The van der Waals surface area contributed by atoms with Crippen LogP contribution in [-0.4, -0.2) is 11.1 Å². The maximum Gasteiger partial charge on any atom is 0.340 e. The number of carbonyl (C=O) groups is 1. The standard InChI is InChI=1S/C23H15IO3/c24-27-22-19(16-10-5-2-6-11-16)14-20-17(15-8-3-1-4-9-15)12-7-13-18(20)21(22)23(25)26/h1-14H,(H,25,26). The van der Waals surface area contributed by atoms with E-state index in [1.165, 1.54) is 0 Å². The predicted molar refractivity (Wildman–Crippen MR) is 116 cm³/mol. The van der Waals surface area contributed by atoms with Gasteiger partial charge in [0.2, 0.25) is 0 Å². The Morgan fingerprint density at radius 1 is 0.741 bits per heavy atom. The molecule has 0 fully saturated rings. The van der Waals surface area contributed by atoms with Gasteiger partial charge in [-0.2, -0.15) is 0 Å². The van der Waals surface area contributed by atoms with Crippen molar-refractivity contribution in [3.8, 4) is 28.0 Å². The molecule has 1 N–H and O–H groups in total. The molecule has 0 bridgehead atoms. The zero-order chi connectivity index (χ0) is 18.8. The van der Waals surface area contributed by atoms with Crippen LogP contribution in [0.25, 0.3) is 33.0 Å². The molecule has 0 aromatic heterocycles. The summed E-state index contributed by atoms with van der Waals surface area (Å²) in [5, 5.41) is 11.5. The van der Waals surface area contributed by atoms with Gasteiger partial charge in [-0.25, -0.2) is 4.79 Å². The summed E-state index contributed by atoms with van der Waals surface area (Å²) in [7, 11) is 0. The van der Waals surface area contributed by atoms with Crippen LogP contribution >= 0.6 is 23.0 Å². The molecule has 0 amide bonds. The van der Waals surface area contributed by atoms with Crippen LogP contribution in [0.3, 0.4) is 0 Å². The lowest BCUT2D eigenvalue weighted by molar-refractivity contribution is 0.0698. The van der Waals surface area contributed by atoms with Crippen LogP contribution < -0.4 is 3.07 Å². The number of hydrogen-bond acceptors (Lipinski definition) is 2. The maximum absolute atomic E-state index is 12.1. The van der Waals surface area contributed by atoms with E-state index in [9.17, 15) is 9.90 Å². The highest BCUT2D eigenvalue weighted by atomic mass is 127. The lowest BCUT2D eigenvalue weighted by Gasteiger charge is -2.16. The van der Waals surface area contributed by atoms with Crippen molar-refractivity contribution in [2.45, 2.75) is 0 Å². The zero-order valence-electron chi connectivity index (χ0n) is 14.2. The van der Waals surface area contributed by atoms with Crippen LogP contribution in [0, 0.1) is 0 Å². The number of rotatable bonds is 4. The van der Waals surface area contributed by atoms with Crippen molar-refractivity contribution in [2.75, 3.05) is 0 Å². The average molecular weight is 466 g/mol. The molecule has 4 rings (SSSR count). The minimum Gasteiger partial charge on any atom is -0.478 e. The summed E-state index contributed by atoms with van der Waals surface area (Å²) in [6.45, 7) is 0. The number of fused-ring (bicyclic) bond motifs is 1. The van der Waals surface area contributed by atoms with Crippen LogP contribution in [0.2, 0.25) is 0 Å². The highest BCUT2D eigenvalue weighted by Crippen LogP contribution is 2.42. The number of aromatic carboxylic acids is 1. The second-order valence-electron chi connectivity index (χ2n) is 6.14. The first-order valence-electron chi connectivity index (χ1n) is 8.43. The molecule has 0 heterocycles. The fraction of sp³-hybridized carbons (Fsp3) is 0. The average Bonchev–Trinajstić information content (AvgIpc) is 2.72. The Morgan fingerprint density at radius 2 is 1.33 bits per heavy atom. The van der Waals surface area contributed by atoms with Crippen molar-refractivity contribution < 1.29 is 13.0 Å². The summed E-state index contributed by atoms with van der Waals surface area (Å²) in [5.74, 6) is -0.637. The molecule has 0 radical (unpaired) electrons. The monoisotopic (exact) mass is 466 g/mol. The topological polar surface area (TPSA) is 46.5 Å². The second kappa shape index (κ2) is 7.40. The maximum atomic E-state index is 12.1. The Morgan fingerprint density at radius 3 is 1.89 bits per heavy atom. The van der Waals surface area contributed by atoms with Crippen molar-refractivity contribution in [1.82, 2.24) is 0 Å². The van der Waals surface area contributed by atoms with E-state index in [0.29, 0.717) is 11.1 Å². The van der Waals surface area contributed by atoms with Crippen LogP contribution in [-0.2, 0) is 0 Å². The van der Waals surface area contributed by atoms with E-state index < -0.39 is 5.97 Å². The fourth-order valence-electron chi connectivity index (χ4n) is 3.40. The molecular formula is C23H15IO3. The zero-order valence-corrected chi connectivity index (χ0v) is 16.4. The summed E-state index contributed by atoms with van der Waals surface area (Å²) in [6.07, 6.45) is 0. The van der Waals surface area contributed by atoms with Crippen LogP contribution in [0.15, 0.2) is 84.9 Å². The predicted octanol–water partition coefficient (Wildman–Crippen LogP) is 6.60. The summed E-state index contributed by atoms with van der Waals surface area (Å²) in [5.41, 5.74) is 3.89. The number of carboxylic acids is 1. The minimum absolute atomic E-state index is 0.179. The van der Waals surface area contributed by atoms with Gasteiger partial charge in [-0.15, -0.1) is 0 Å². The van der Waals surface area contributed by atoms with Gasteiger partial charge in [-0.1, -0.05) is 78.9 Å². The highest BCUT2D eigenvalue weighted by Gasteiger charge is 2.22. The van der Waals surface area contributed by atoms with Gasteiger partial charge in [0.15, 0.2) is 28.8 Å². The van der Waals surface area contributed by atoms with Gasteiger partial charge in [0.1, 0.15) is 5.56 Å². The van der Waals surface area contributed by atoms with Crippen LogP contribution in [0.4, 0.5) is 0 Å². The molecule has 0 unspecified atom stereocenters. The van der Waals surface area contributed by atoms with Crippen molar-refractivity contribution in [1.29, 1.82) is 0 Å². The Hall–Kier alpha value is -2.86. The Bertz CT molecular complexity index is 1120. The number of hydrogen-bond donors (Lipinski definition) is 1. The van der Waals surface area contributed by atoms with E-state index in [0.717, 1.165) is 27.6 Å². The molecule has 4 aromatic carbocycles. The van der Waals surface area contributed by atoms with E-state index in [1.54, 1.807) is 23.0 Å². The third kappa shape index (κ3) is 3.17. The third-order valence-electron chi connectivity index (χ3n) is 4.60. The van der Waals surface area contributed by atoms with E-state index in [2.05, 4.69) is 0 Å². The summed E-state index contributed by atoms with van der Waals surface area (Å²) >= 11 is 1.75. The van der Waals surface area contributed by atoms with Gasteiger partial charge < -0.3 is 8.17 Å². The third-order valence-corrected chi connectivity index (χ3v) is 5.04. The van der Waals surface area contributed by atoms with Gasteiger partial charge in [0.25, 0.3) is 0 Å².